The van der Waals surface area contributed by atoms with E-state index in [0.717, 1.165) is 25.7 Å². The third-order valence-electron chi connectivity index (χ3n) is 5.81. The molecule has 0 bridgehead atoms. The van der Waals surface area contributed by atoms with Crippen molar-refractivity contribution in [1.82, 2.24) is 4.67 Å². The van der Waals surface area contributed by atoms with Gasteiger partial charge in [0.25, 0.3) is 0 Å². The maximum atomic E-state index is 13.2. The summed E-state index contributed by atoms with van der Waals surface area (Å²) in [6.07, 6.45) is 3.89. The van der Waals surface area contributed by atoms with Crippen LogP contribution < -0.4 is 4.52 Å². The molecule has 0 aromatic heterocycles. The van der Waals surface area contributed by atoms with Gasteiger partial charge in [0, 0.05) is 16.5 Å². The van der Waals surface area contributed by atoms with Gasteiger partial charge in [0.05, 0.1) is 0 Å². The predicted octanol–water partition coefficient (Wildman–Crippen LogP) is 6.29. The Labute approximate surface area is 173 Å². The fraction of sp³-hybridized carbons (Fsp3) is 0.455. The van der Waals surface area contributed by atoms with Gasteiger partial charge in [-0.05, 0) is 62.1 Å². The van der Waals surface area contributed by atoms with Crippen LogP contribution in [0.4, 0.5) is 0 Å². The summed E-state index contributed by atoms with van der Waals surface area (Å²) in [7, 11) is -2.30. The lowest BCUT2D eigenvalue weighted by atomic mass is 9.59. The molecule has 1 aliphatic rings. The Balaban J connectivity index is 1.94. The highest BCUT2D eigenvalue weighted by Gasteiger charge is 2.51. The fourth-order valence-electron chi connectivity index (χ4n) is 4.20. The van der Waals surface area contributed by atoms with E-state index >= 15 is 0 Å². The molecule has 2 atom stereocenters. The van der Waals surface area contributed by atoms with Crippen LogP contribution in [0.3, 0.4) is 0 Å². The van der Waals surface area contributed by atoms with E-state index in [2.05, 4.69) is 26.0 Å². The van der Waals surface area contributed by atoms with Crippen molar-refractivity contribution in [2.45, 2.75) is 51.0 Å². The lowest BCUT2D eigenvalue weighted by Gasteiger charge is -2.52. The molecule has 0 radical (unpaired) electrons. The highest BCUT2D eigenvalue weighted by molar-refractivity contribution is 7.50. The first-order chi connectivity index (χ1) is 13.2. The van der Waals surface area contributed by atoms with Crippen LogP contribution in [0.15, 0.2) is 54.6 Å². The van der Waals surface area contributed by atoms with Crippen LogP contribution in [0.25, 0.3) is 0 Å². The summed E-state index contributed by atoms with van der Waals surface area (Å²) < 4.78 is 20.4. The second-order valence-corrected chi connectivity index (χ2v) is 10.4. The molecular formula is C22H29ClNO3P. The van der Waals surface area contributed by atoms with Gasteiger partial charge in [-0.15, -0.1) is 0 Å². The van der Waals surface area contributed by atoms with Crippen LogP contribution in [-0.4, -0.2) is 22.7 Å². The average molecular weight is 422 g/mol. The van der Waals surface area contributed by atoms with Gasteiger partial charge in [0.1, 0.15) is 5.75 Å². The van der Waals surface area contributed by atoms with Gasteiger partial charge in [-0.25, -0.2) is 4.57 Å². The molecule has 0 amide bonds. The first-order valence-corrected chi connectivity index (χ1v) is 11.7. The standard InChI is InChI=1S/C22H29ClNO3P/c1-17(2)16-21(22(14-7-15-22)18-10-12-19(23)13-11-18)24(3)28(25,26)27-20-8-5-4-6-9-20/h4-6,8-13,17,21H,7,14-16H2,1-3H3,(H,25,26). The molecule has 3 rings (SSSR count). The Kier molecular flexibility index (Phi) is 6.56. The van der Waals surface area contributed by atoms with Crippen LogP contribution in [0.1, 0.15) is 45.1 Å². The third kappa shape index (κ3) is 4.46. The van der Waals surface area contributed by atoms with Crippen LogP contribution in [0, 0.1) is 5.92 Å². The maximum absolute atomic E-state index is 13.2. The van der Waals surface area contributed by atoms with E-state index in [4.69, 9.17) is 16.1 Å². The molecule has 0 aliphatic heterocycles. The minimum Gasteiger partial charge on any atom is -0.413 e. The molecule has 28 heavy (non-hydrogen) atoms. The highest BCUT2D eigenvalue weighted by atomic mass is 35.5. The Morgan fingerprint density at radius 3 is 2.25 bits per heavy atom. The smallest absolute Gasteiger partial charge is 0.413 e. The van der Waals surface area contributed by atoms with Crippen molar-refractivity contribution in [3.8, 4) is 5.75 Å². The van der Waals surface area contributed by atoms with Crippen LogP contribution in [0.5, 0.6) is 5.75 Å². The number of para-hydroxylation sites is 1. The largest absolute Gasteiger partial charge is 0.458 e. The zero-order chi connectivity index (χ0) is 20.4. The molecule has 0 saturated heterocycles. The minimum absolute atomic E-state index is 0.109. The van der Waals surface area contributed by atoms with Crippen molar-refractivity contribution in [3.63, 3.8) is 0 Å². The van der Waals surface area contributed by atoms with Gasteiger partial charge < -0.3 is 9.42 Å². The van der Waals surface area contributed by atoms with Crippen molar-refractivity contribution in [3.05, 3.63) is 65.2 Å². The summed E-state index contributed by atoms with van der Waals surface area (Å²) >= 11 is 6.10. The van der Waals surface area contributed by atoms with Gasteiger partial charge >= 0.3 is 7.75 Å². The number of nitrogens with zero attached hydrogens (tertiary/aromatic N) is 1. The van der Waals surface area contributed by atoms with E-state index in [9.17, 15) is 9.46 Å². The summed E-state index contributed by atoms with van der Waals surface area (Å²) in [6, 6.07) is 16.7. The van der Waals surface area contributed by atoms with E-state index in [1.165, 1.54) is 5.56 Å². The van der Waals surface area contributed by atoms with Crippen molar-refractivity contribution in [1.29, 1.82) is 0 Å². The quantitative estimate of drug-likeness (QED) is 0.509. The molecule has 1 aliphatic carbocycles. The summed E-state index contributed by atoms with van der Waals surface area (Å²) in [4.78, 5) is 10.8. The summed E-state index contributed by atoms with van der Waals surface area (Å²) in [5.41, 5.74) is 1.02. The molecular weight excluding hydrogens is 393 g/mol. The van der Waals surface area contributed by atoms with Crippen molar-refractivity contribution >= 4 is 19.3 Å². The van der Waals surface area contributed by atoms with Crippen LogP contribution in [0.2, 0.25) is 5.02 Å². The van der Waals surface area contributed by atoms with E-state index in [1.807, 2.05) is 18.2 Å². The topological polar surface area (TPSA) is 49.8 Å². The summed E-state index contributed by atoms with van der Waals surface area (Å²) in [5.74, 6) is 0.784. The minimum atomic E-state index is -4.02. The summed E-state index contributed by atoms with van der Waals surface area (Å²) in [6.45, 7) is 4.30. The Bertz CT molecular complexity index is 821. The number of rotatable bonds is 8. The number of likely N-dealkylation sites (N-methyl/N-ethyl adjacent to an activating group) is 1. The molecule has 0 heterocycles. The van der Waals surface area contributed by atoms with Crippen molar-refractivity contribution in [2.24, 2.45) is 5.92 Å². The molecule has 4 nitrogen and oxygen atoms in total. The molecule has 0 spiro atoms. The molecule has 2 unspecified atom stereocenters. The molecule has 2 aromatic carbocycles. The van der Waals surface area contributed by atoms with E-state index in [0.29, 0.717) is 16.7 Å². The van der Waals surface area contributed by atoms with E-state index in [-0.39, 0.29) is 11.5 Å². The molecule has 1 fully saturated rings. The molecule has 2 aromatic rings. The predicted molar refractivity (Wildman–Crippen MR) is 115 cm³/mol. The number of hydrogen-bond donors (Lipinski definition) is 1. The monoisotopic (exact) mass is 421 g/mol. The molecule has 1 N–H and O–H groups in total. The SMILES string of the molecule is CC(C)CC(N(C)P(=O)(O)Oc1ccccc1)C1(c2ccc(Cl)cc2)CCC1. The molecule has 1 saturated carbocycles. The number of halogens is 1. The van der Waals surface area contributed by atoms with Gasteiger partial charge in [0.15, 0.2) is 0 Å². The zero-order valence-electron chi connectivity index (χ0n) is 16.7. The third-order valence-corrected chi connectivity index (χ3v) is 7.59. The Hall–Kier alpha value is -1.32. The first kappa shape index (κ1) is 21.4. The summed E-state index contributed by atoms with van der Waals surface area (Å²) in [5, 5.41) is 0.701. The number of benzene rings is 2. The van der Waals surface area contributed by atoms with Crippen molar-refractivity contribution < 1.29 is 14.0 Å². The Morgan fingerprint density at radius 1 is 1.14 bits per heavy atom. The molecule has 152 valence electrons. The second-order valence-electron chi connectivity index (χ2n) is 8.13. The first-order valence-electron chi connectivity index (χ1n) is 9.81. The lowest BCUT2D eigenvalue weighted by molar-refractivity contribution is 0.0941. The second kappa shape index (κ2) is 8.59. The average Bonchev–Trinajstić information content (AvgIpc) is 2.61. The fourth-order valence-corrected chi connectivity index (χ4v) is 5.51. The maximum Gasteiger partial charge on any atom is 0.458 e. The van der Waals surface area contributed by atoms with Gasteiger partial charge in [0.2, 0.25) is 0 Å². The van der Waals surface area contributed by atoms with Gasteiger partial charge in [-0.1, -0.05) is 62.2 Å². The molecule has 6 heteroatoms. The van der Waals surface area contributed by atoms with Crippen LogP contribution >= 0.6 is 19.3 Å². The van der Waals surface area contributed by atoms with E-state index < -0.39 is 7.75 Å². The normalized spacial score (nSPS) is 19.1. The van der Waals surface area contributed by atoms with E-state index in [1.54, 1.807) is 36.0 Å². The highest BCUT2D eigenvalue weighted by Crippen LogP contribution is 2.56. The van der Waals surface area contributed by atoms with Gasteiger partial charge in [-0.2, -0.15) is 4.67 Å². The lowest BCUT2D eigenvalue weighted by Crippen LogP contribution is -2.53. The Morgan fingerprint density at radius 2 is 1.75 bits per heavy atom. The zero-order valence-corrected chi connectivity index (χ0v) is 18.4. The number of hydrogen-bond acceptors (Lipinski definition) is 2. The van der Waals surface area contributed by atoms with Gasteiger partial charge in [-0.3, -0.25) is 0 Å². The van der Waals surface area contributed by atoms with Crippen LogP contribution in [-0.2, 0) is 9.98 Å². The van der Waals surface area contributed by atoms with Crippen molar-refractivity contribution in [2.75, 3.05) is 7.05 Å².